The normalized spacial score (nSPS) is 15.0. The maximum absolute atomic E-state index is 12.7. The number of aromatic nitrogens is 1. The first kappa shape index (κ1) is 19.9. The summed E-state index contributed by atoms with van der Waals surface area (Å²) in [6, 6.07) is 7.17. The smallest absolute Gasteiger partial charge is 0.317 e. The number of carbonyl (C=O) groups is 2. The fourth-order valence-corrected chi connectivity index (χ4v) is 3.59. The van der Waals surface area contributed by atoms with E-state index in [1.165, 1.54) is 6.20 Å². The van der Waals surface area contributed by atoms with Crippen LogP contribution >= 0.6 is 34.8 Å². The number of benzene rings is 1. The summed E-state index contributed by atoms with van der Waals surface area (Å²) in [5, 5.41) is 3.74. The molecule has 0 aliphatic heterocycles. The molecular formula is C19H17Cl3N2O3. The Morgan fingerprint density at radius 3 is 2.63 bits per heavy atom. The fraction of sp³-hybridized carbons (Fsp3) is 0.316. The van der Waals surface area contributed by atoms with Crippen molar-refractivity contribution in [3.63, 3.8) is 0 Å². The number of amides is 1. The molecule has 1 fully saturated rings. The second-order valence-electron chi connectivity index (χ2n) is 6.46. The summed E-state index contributed by atoms with van der Waals surface area (Å²) in [6.07, 6.45) is 3.64. The Morgan fingerprint density at radius 1 is 1.26 bits per heavy atom. The van der Waals surface area contributed by atoms with Crippen molar-refractivity contribution in [2.24, 2.45) is 0 Å². The number of anilines is 1. The van der Waals surface area contributed by atoms with Crippen molar-refractivity contribution in [2.75, 3.05) is 11.9 Å². The molecule has 0 unspecified atom stereocenters. The van der Waals surface area contributed by atoms with Crippen molar-refractivity contribution in [1.82, 2.24) is 4.98 Å². The molecule has 1 aliphatic rings. The Morgan fingerprint density at radius 2 is 2.00 bits per heavy atom. The Kier molecular flexibility index (Phi) is 5.94. The van der Waals surface area contributed by atoms with Gasteiger partial charge in [0.05, 0.1) is 15.5 Å². The number of pyridine rings is 1. The van der Waals surface area contributed by atoms with E-state index in [2.05, 4.69) is 10.3 Å². The van der Waals surface area contributed by atoms with Crippen LogP contribution < -0.4 is 5.32 Å². The minimum Gasteiger partial charge on any atom is -0.455 e. The van der Waals surface area contributed by atoms with Crippen LogP contribution in [0.1, 0.15) is 30.4 Å². The molecule has 0 spiro atoms. The van der Waals surface area contributed by atoms with Gasteiger partial charge in [-0.25, -0.2) is 4.98 Å². The standard InChI is InChI=1S/C19H17Cl3N2O3/c1-11-14(21)9-23-17(16(11)22)24-15(25)10-27-18(26)19(6-3-7-19)12-4-2-5-13(20)8-12/h2,4-5,8-9H,3,6-7,10H2,1H3,(H,23,24,25). The molecule has 1 heterocycles. The summed E-state index contributed by atoms with van der Waals surface area (Å²) in [4.78, 5) is 28.8. The van der Waals surface area contributed by atoms with Crippen LogP contribution in [0.3, 0.4) is 0 Å². The second-order valence-corrected chi connectivity index (χ2v) is 7.69. The first-order valence-electron chi connectivity index (χ1n) is 8.37. The summed E-state index contributed by atoms with van der Waals surface area (Å²) in [7, 11) is 0. The van der Waals surface area contributed by atoms with Crippen LogP contribution in [0.2, 0.25) is 15.1 Å². The highest BCUT2D eigenvalue weighted by molar-refractivity contribution is 6.37. The zero-order valence-corrected chi connectivity index (χ0v) is 16.8. The van der Waals surface area contributed by atoms with Gasteiger partial charge in [-0.2, -0.15) is 0 Å². The van der Waals surface area contributed by atoms with Crippen LogP contribution in [-0.4, -0.2) is 23.5 Å². The monoisotopic (exact) mass is 426 g/mol. The zero-order chi connectivity index (χ0) is 19.6. The van der Waals surface area contributed by atoms with Crippen molar-refractivity contribution in [3.8, 4) is 0 Å². The van der Waals surface area contributed by atoms with E-state index in [0.717, 1.165) is 12.0 Å². The van der Waals surface area contributed by atoms with Crippen molar-refractivity contribution in [1.29, 1.82) is 0 Å². The van der Waals surface area contributed by atoms with Gasteiger partial charge in [0.15, 0.2) is 12.4 Å². The molecule has 0 radical (unpaired) electrons. The maximum Gasteiger partial charge on any atom is 0.317 e. The molecule has 2 aromatic rings. The lowest BCUT2D eigenvalue weighted by Crippen LogP contribution is -2.44. The van der Waals surface area contributed by atoms with Gasteiger partial charge < -0.3 is 10.1 Å². The number of halogens is 3. The minimum atomic E-state index is -0.738. The molecule has 0 saturated heterocycles. The summed E-state index contributed by atoms with van der Waals surface area (Å²) in [5.74, 6) is -0.787. The Bertz CT molecular complexity index is 898. The van der Waals surface area contributed by atoms with Crippen molar-refractivity contribution in [2.45, 2.75) is 31.6 Å². The van der Waals surface area contributed by atoms with Gasteiger partial charge in [0, 0.05) is 11.2 Å². The van der Waals surface area contributed by atoms with E-state index < -0.39 is 23.9 Å². The van der Waals surface area contributed by atoms with E-state index in [1.807, 2.05) is 6.07 Å². The van der Waals surface area contributed by atoms with Gasteiger partial charge in [-0.3, -0.25) is 9.59 Å². The van der Waals surface area contributed by atoms with Gasteiger partial charge in [-0.05, 0) is 43.0 Å². The first-order chi connectivity index (χ1) is 12.8. The number of rotatable bonds is 5. The number of hydrogen-bond acceptors (Lipinski definition) is 4. The third kappa shape index (κ3) is 4.05. The lowest BCUT2D eigenvalue weighted by Gasteiger charge is -2.39. The van der Waals surface area contributed by atoms with Crippen LogP contribution in [0.15, 0.2) is 30.5 Å². The molecule has 1 saturated carbocycles. The molecule has 1 N–H and O–H groups in total. The topological polar surface area (TPSA) is 68.3 Å². The van der Waals surface area contributed by atoms with Gasteiger partial charge in [0.2, 0.25) is 0 Å². The van der Waals surface area contributed by atoms with Gasteiger partial charge in [0.1, 0.15) is 0 Å². The largest absolute Gasteiger partial charge is 0.455 e. The van der Waals surface area contributed by atoms with E-state index in [9.17, 15) is 9.59 Å². The summed E-state index contributed by atoms with van der Waals surface area (Å²) in [5.41, 5.74) is 0.678. The Balaban J connectivity index is 1.65. The predicted molar refractivity (Wildman–Crippen MR) is 106 cm³/mol. The average Bonchev–Trinajstić information content (AvgIpc) is 2.60. The lowest BCUT2D eigenvalue weighted by atomic mass is 9.64. The molecule has 3 rings (SSSR count). The number of nitrogens with one attached hydrogen (secondary N) is 1. The molecule has 142 valence electrons. The Hall–Kier alpha value is -1.82. The van der Waals surface area contributed by atoms with Crippen LogP contribution in [0.5, 0.6) is 0 Å². The summed E-state index contributed by atoms with van der Waals surface area (Å²) >= 11 is 18.1. The highest BCUT2D eigenvalue weighted by atomic mass is 35.5. The van der Waals surface area contributed by atoms with Gasteiger partial charge in [-0.15, -0.1) is 0 Å². The van der Waals surface area contributed by atoms with Crippen molar-refractivity contribution < 1.29 is 14.3 Å². The van der Waals surface area contributed by atoms with Crippen LogP contribution in [0.4, 0.5) is 5.82 Å². The van der Waals surface area contributed by atoms with Crippen molar-refractivity contribution >= 4 is 52.5 Å². The number of nitrogens with zero attached hydrogens (tertiary/aromatic N) is 1. The predicted octanol–water partition coefficient (Wildman–Crippen LogP) is 4.95. The third-order valence-electron chi connectivity index (χ3n) is 4.77. The quantitative estimate of drug-likeness (QED) is 0.685. The molecule has 0 atom stereocenters. The highest BCUT2D eigenvalue weighted by Crippen LogP contribution is 2.45. The van der Waals surface area contributed by atoms with Crippen LogP contribution in [-0.2, 0) is 19.7 Å². The summed E-state index contributed by atoms with van der Waals surface area (Å²) in [6.45, 7) is 1.29. The SMILES string of the molecule is Cc1c(Cl)cnc(NC(=O)COC(=O)C2(c3cccc(Cl)c3)CCC2)c1Cl. The van der Waals surface area contributed by atoms with Crippen molar-refractivity contribution in [3.05, 3.63) is 56.7 Å². The molecule has 1 aromatic carbocycles. The summed E-state index contributed by atoms with van der Waals surface area (Å²) < 4.78 is 5.28. The molecule has 1 aromatic heterocycles. The number of hydrogen-bond donors (Lipinski definition) is 1. The average molecular weight is 428 g/mol. The molecule has 1 amide bonds. The number of ether oxygens (including phenoxy) is 1. The van der Waals surface area contributed by atoms with E-state index in [-0.39, 0.29) is 10.8 Å². The van der Waals surface area contributed by atoms with E-state index >= 15 is 0 Å². The fourth-order valence-electron chi connectivity index (χ4n) is 3.01. The number of carbonyl (C=O) groups excluding carboxylic acids is 2. The van der Waals surface area contributed by atoms with E-state index in [4.69, 9.17) is 39.5 Å². The minimum absolute atomic E-state index is 0.174. The molecule has 1 aliphatic carbocycles. The van der Waals surface area contributed by atoms with Crippen LogP contribution in [0, 0.1) is 6.92 Å². The zero-order valence-electron chi connectivity index (χ0n) is 14.5. The Labute approximate surface area is 172 Å². The van der Waals surface area contributed by atoms with Crippen LogP contribution in [0.25, 0.3) is 0 Å². The van der Waals surface area contributed by atoms with Gasteiger partial charge in [-0.1, -0.05) is 53.4 Å². The van der Waals surface area contributed by atoms with E-state index in [0.29, 0.717) is 28.5 Å². The van der Waals surface area contributed by atoms with Gasteiger partial charge >= 0.3 is 5.97 Å². The number of esters is 1. The lowest BCUT2D eigenvalue weighted by molar-refractivity contribution is -0.156. The first-order valence-corrected chi connectivity index (χ1v) is 9.50. The third-order valence-corrected chi connectivity index (χ3v) is 5.85. The second kappa shape index (κ2) is 8.05. The molecule has 27 heavy (non-hydrogen) atoms. The molecular weight excluding hydrogens is 411 g/mol. The molecule has 0 bridgehead atoms. The highest BCUT2D eigenvalue weighted by Gasteiger charge is 2.47. The maximum atomic E-state index is 12.7. The van der Waals surface area contributed by atoms with Gasteiger partial charge in [0.25, 0.3) is 5.91 Å². The molecule has 5 nitrogen and oxygen atoms in total. The molecule has 8 heteroatoms. The van der Waals surface area contributed by atoms with E-state index in [1.54, 1.807) is 25.1 Å².